The number of carbonyl (C=O) groups is 1. The lowest BCUT2D eigenvalue weighted by Gasteiger charge is -2.07. The number of hydrogen-bond acceptors (Lipinski definition) is 4. The maximum Gasteiger partial charge on any atom is 0.163 e. The summed E-state index contributed by atoms with van der Waals surface area (Å²) < 4.78 is 12.4. The maximum atomic E-state index is 11.8. The van der Waals surface area contributed by atoms with Crippen molar-refractivity contribution in [2.75, 3.05) is 26.9 Å². The van der Waals surface area contributed by atoms with Crippen molar-refractivity contribution in [3.05, 3.63) is 17.0 Å². The third kappa shape index (κ3) is 4.42. The van der Waals surface area contributed by atoms with Gasteiger partial charge in [-0.05, 0) is 26.2 Å². The highest BCUT2D eigenvalue weighted by molar-refractivity contribution is 5.96. The predicted molar refractivity (Wildman–Crippen MR) is 78.3 cm³/mol. The van der Waals surface area contributed by atoms with E-state index < -0.39 is 0 Å². The minimum Gasteiger partial charge on any atom is -0.385 e. The van der Waals surface area contributed by atoms with Gasteiger partial charge in [0.05, 0.1) is 24.4 Å². The summed E-state index contributed by atoms with van der Waals surface area (Å²) in [5.74, 6) is 0.103. The van der Waals surface area contributed by atoms with Crippen LogP contribution in [0.3, 0.4) is 0 Å². The fourth-order valence-corrected chi connectivity index (χ4v) is 2.31. The Morgan fingerprint density at radius 2 is 1.95 bits per heavy atom. The molecule has 5 nitrogen and oxygen atoms in total. The molecule has 0 atom stereocenters. The standard InChI is InChI=1S/C15H26N2O3/c1-5-13-15(12(3)18)14(6-2)17(16-13)8-11-20-10-7-9-19-4/h5-11H2,1-4H3. The van der Waals surface area contributed by atoms with Gasteiger partial charge in [-0.2, -0.15) is 5.10 Å². The Hall–Kier alpha value is -1.20. The van der Waals surface area contributed by atoms with E-state index in [9.17, 15) is 4.79 Å². The van der Waals surface area contributed by atoms with E-state index in [0.717, 1.165) is 42.8 Å². The van der Waals surface area contributed by atoms with Crippen LogP contribution in [0.25, 0.3) is 0 Å². The van der Waals surface area contributed by atoms with Crippen molar-refractivity contribution in [3.8, 4) is 0 Å². The first-order chi connectivity index (χ1) is 9.65. The number of rotatable bonds is 10. The second-order valence-corrected chi connectivity index (χ2v) is 4.71. The molecule has 0 radical (unpaired) electrons. The molecule has 0 unspecified atom stereocenters. The van der Waals surface area contributed by atoms with Crippen molar-refractivity contribution in [1.29, 1.82) is 0 Å². The van der Waals surface area contributed by atoms with Gasteiger partial charge in [0.15, 0.2) is 5.78 Å². The van der Waals surface area contributed by atoms with Crippen molar-refractivity contribution < 1.29 is 14.3 Å². The molecule has 1 aromatic rings. The fourth-order valence-electron chi connectivity index (χ4n) is 2.31. The molecule has 0 aliphatic rings. The van der Waals surface area contributed by atoms with E-state index in [-0.39, 0.29) is 5.78 Å². The summed E-state index contributed by atoms with van der Waals surface area (Å²) >= 11 is 0. The monoisotopic (exact) mass is 282 g/mol. The Morgan fingerprint density at radius 1 is 1.20 bits per heavy atom. The van der Waals surface area contributed by atoms with Crippen LogP contribution >= 0.6 is 0 Å². The topological polar surface area (TPSA) is 53.4 Å². The van der Waals surface area contributed by atoms with Gasteiger partial charge < -0.3 is 9.47 Å². The summed E-state index contributed by atoms with van der Waals surface area (Å²) in [6.45, 7) is 8.40. The zero-order valence-electron chi connectivity index (χ0n) is 13.1. The van der Waals surface area contributed by atoms with E-state index in [4.69, 9.17) is 9.47 Å². The largest absolute Gasteiger partial charge is 0.385 e. The Morgan fingerprint density at radius 3 is 2.50 bits per heavy atom. The van der Waals surface area contributed by atoms with Crippen LogP contribution in [0.1, 0.15) is 48.9 Å². The molecule has 0 aromatic carbocycles. The number of carbonyl (C=O) groups excluding carboxylic acids is 1. The van der Waals surface area contributed by atoms with Crippen LogP contribution in [-0.2, 0) is 28.9 Å². The third-order valence-corrected chi connectivity index (χ3v) is 3.24. The van der Waals surface area contributed by atoms with E-state index in [1.807, 2.05) is 11.6 Å². The Labute approximate surface area is 121 Å². The van der Waals surface area contributed by atoms with Gasteiger partial charge in [-0.15, -0.1) is 0 Å². The fraction of sp³-hybridized carbons (Fsp3) is 0.733. The second kappa shape index (κ2) is 8.87. The van der Waals surface area contributed by atoms with Crippen molar-refractivity contribution in [1.82, 2.24) is 9.78 Å². The van der Waals surface area contributed by atoms with Gasteiger partial charge in [-0.3, -0.25) is 9.48 Å². The van der Waals surface area contributed by atoms with Gasteiger partial charge in [-0.1, -0.05) is 13.8 Å². The van der Waals surface area contributed by atoms with Crippen molar-refractivity contribution >= 4 is 5.78 Å². The number of ether oxygens (including phenoxy) is 2. The Bertz CT molecular complexity index is 427. The van der Waals surface area contributed by atoms with Crippen LogP contribution in [0.15, 0.2) is 0 Å². The summed E-state index contributed by atoms with van der Waals surface area (Å²) in [4.78, 5) is 11.8. The molecule has 20 heavy (non-hydrogen) atoms. The second-order valence-electron chi connectivity index (χ2n) is 4.71. The molecule has 1 rings (SSSR count). The molecule has 0 N–H and O–H groups in total. The first-order valence-corrected chi connectivity index (χ1v) is 7.31. The van der Waals surface area contributed by atoms with Crippen LogP contribution in [0.5, 0.6) is 0 Å². The van der Waals surface area contributed by atoms with Gasteiger partial charge >= 0.3 is 0 Å². The highest BCUT2D eigenvalue weighted by Gasteiger charge is 2.18. The van der Waals surface area contributed by atoms with Gasteiger partial charge in [0, 0.05) is 26.0 Å². The summed E-state index contributed by atoms with van der Waals surface area (Å²) in [5.41, 5.74) is 2.72. The molecular formula is C15H26N2O3. The number of ketones is 1. The number of aryl methyl sites for hydroxylation is 1. The zero-order chi connectivity index (χ0) is 15.0. The lowest BCUT2D eigenvalue weighted by Crippen LogP contribution is -2.12. The molecule has 0 fully saturated rings. The molecule has 1 heterocycles. The van der Waals surface area contributed by atoms with Gasteiger partial charge in [0.2, 0.25) is 0 Å². The molecule has 0 aliphatic heterocycles. The van der Waals surface area contributed by atoms with E-state index in [1.165, 1.54) is 0 Å². The first-order valence-electron chi connectivity index (χ1n) is 7.31. The maximum absolute atomic E-state index is 11.8. The van der Waals surface area contributed by atoms with Gasteiger partial charge in [0.25, 0.3) is 0 Å². The molecule has 0 spiro atoms. The summed E-state index contributed by atoms with van der Waals surface area (Å²) in [6, 6.07) is 0. The minimum absolute atomic E-state index is 0.103. The predicted octanol–water partition coefficient (Wildman–Crippen LogP) is 2.26. The number of hydrogen-bond donors (Lipinski definition) is 0. The van der Waals surface area contributed by atoms with Crippen molar-refractivity contribution in [2.45, 2.75) is 46.6 Å². The van der Waals surface area contributed by atoms with Crippen LogP contribution in [0.2, 0.25) is 0 Å². The van der Waals surface area contributed by atoms with Crippen molar-refractivity contribution in [2.24, 2.45) is 0 Å². The molecule has 0 saturated heterocycles. The molecule has 0 bridgehead atoms. The summed E-state index contributed by atoms with van der Waals surface area (Å²) in [7, 11) is 1.69. The van der Waals surface area contributed by atoms with Crippen LogP contribution in [0, 0.1) is 0 Å². The molecule has 5 heteroatoms. The highest BCUT2D eigenvalue weighted by atomic mass is 16.5. The molecule has 1 aromatic heterocycles. The van der Waals surface area contributed by atoms with E-state index in [2.05, 4.69) is 12.0 Å². The molecule has 0 saturated carbocycles. The minimum atomic E-state index is 0.103. The third-order valence-electron chi connectivity index (χ3n) is 3.24. The van der Waals surface area contributed by atoms with Crippen LogP contribution in [-0.4, -0.2) is 42.5 Å². The van der Waals surface area contributed by atoms with Gasteiger partial charge in [-0.25, -0.2) is 0 Å². The molecule has 0 aliphatic carbocycles. The summed E-state index contributed by atoms with van der Waals surface area (Å²) in [6.07, 6.45) is 2.49. The lowest BCUT2D eigenvalue weighted by molar-refractivity contribution is 0.0954. The van der Waals surface area contributed by atoms with Crippen LogP contribution < -0.4 is 0 Å². The first kappa shape index (κ1) is 16.9. The number of nitrogens with zero attached hydrogens (tertiary/aromatic N) is 2. The number of methoxy groups -OCH3 is 1. The van der Waals surface area contributed by atoms with Gasteiger partial charge in [0.1, 0.15) is 0 Å². The number of Topliss-reactive ketones (excluding diaryl/α,β-unsaturated/α-hetero) is 1. The SMILES string of the molecule is CCc1nn(CCOCCCOC)c(CC)c1C(C)=O. The van der Waals surface area contributed by atoms with E-state index >= 15 is 0 Å². The van der Waals surface area contributed by atoms with E-state index in [0.29, 0.717) is 19.8 Å². The normalized spacial score (nSPS) is 11.0. The average Bonchev–Trinajstić information content (AvgIpc) is 2.80. The smallest absolute Gasteiger partial charge is 0.163 e. The molecule has 0 amide bonds. The quantitative estimate of drug-likeness (QED) is 0.488. The molecule has 114 valence electrons. The molecular weight excluding hydrogens is 256 g/mol. The highest BCUT2D eigenvalue weighted by Crippen LogP contribution is 2.17. The lowest BCUT2D eigenvalue weighted by atomic mass is 10.1. The zero-order valence-corrected chi connectivity index (χ0v) is 13.1. The Kier molecular flexibility index (Phi) is 7.47. The van der Waals surface area contributed by atoms with E-state index in [1.54, 1.807) is 14.0 Å². The van der Waals surface area contributed by atoms with Crippen molar-refractivity contribution in [3.63, 3.8) is 0 Å². The summed E-state index contributed by atoms with van der Waals surface area (Å²) in [5, 5.41) is 4.55. The van der Waals surface area contributed by atoms with Crippen LogP contribution in [0.4, 0.5) is 0 Å². The Balaban J connectivity index is 2.63. The number of aromatic nitrogens is 2. The average molecular weight is 282 g/mol.